The Hall–Kier alpha value is -0.190. The van der Waals surface area contributed by atoms with Gasteiger partial charge in [-0.1, -0.05) is 6.08 Å². The van der Waals surface area contributed by atoms with Crippen LogP contribution in [0.15, 0.2) is 29.2 Å². The van der Waals surface area contributed by atoms with Crippen molar-refractivity contribution in [2.75, 3.05) is 26.2 Å². The van der Waals surface area contributed by atoms with Gasteiger partial charge in [0, 0.05) is 26.2 Å². The molecule has 2 rings (SSSR count). The molecule has 1 saturated heterocycles. The zero-order chi connectivity index (χ0) is 12.1. The predicted octanol–water partition coefficient (Wildman–Crippen LogP) is 3.69. The molecule has 6 heteroatoms. The molecule has 1 N–H and O–H groups in total. The van der Waals surface area contributed by atoms with Gasteiger partial charge in [-0.3, -0.25) is 4.90 Å². The molecule has 0 aliphatic carbocycles. The van der Waals surface area contributed by atoms with Crippen LogP contribution in [0.5, 0.6) is 0 Å². The van der Waals surface area contributed by atoms with Crippen LogP contribution in [0, 0.1) is 0 Å². The summed E-state index contributed by atoms with van der Waals surface area (Å²) in [5, 5.41) is 3.83. The Morgan fingerprint density at radius 3 is 2.58 bits per heavy atom. The van der Waals surface area contributed by atoms with Crippen LogP contribution in [0.1, 0.15) is 24.6 Å². The number of hydrogen-bond donors (Lipinski definition) is 1. The molecule has 3 nitrogen and oxygen atoms in total. The minimum atomic E-state index is 0. The number of allylic oxidation sites excluding steroid dienone is 1. The molecule has 1 atom stereocenters. The normalized spacial score (nSPS) is 17.1. The van der Waals surface area contributed by atoms with E-state index >= 15 is 0 Å². The molecule has 2 heterocycles. The highest BCUT2D eigenvalue weighted by Gasteiger charge is 2.23. The molecule has 0 spiro atoms. The van der Waals surface area contributed by atoms with E-state index in [4.69, 9.17) is 16.0 Å². The Morgan fingerprint density at radius 1 is 1.37 bits per heavy atom. The van der Waals surface area contributed by atoms with Crippen LogP contribution in [-0.4, -0.2) is 31.1 Å². The van der Waals surface area contributed by atoms with Gasteiger partial charge < -0.3 is 9.73 Å². The number of halogens is 3. The quantitative estimate of drug-likeness (QED) is 0.836. The summed E-state index contributed by atoms with van der Waals surface area (Å²) >= 11 is 5.86. The first-order chi connectivity index (χ1) is 8.31. The topological polar surface area (TPSA) is 28.4 Å². The van der Waals surface area contributed by atoms with E-state index in [0.29, 0.717) is 11.3 Å². The Bertz CT molecular complexity index is 365. The second kappa shape index (κ2) is 9.67. The third-order valence-corrected chi connectivity index (χ3v) is 3.36. The lowest BCUT2D eigenvalue weighted by Gasteiger charge is -2.33. The predicted molar refractivity (Wildman–Crippen MR) is 84.8 cm³/mol. The Morgan fingerprint density at radius 2 is 2.05 bits per heavy atom. The summed E-state index contributed by atoms with van der Waals surface area (Å²) in [5.41, 5.74) is 0. The minimum absolute atomic E-state index is 0. The second-order valence-electron chi connectivity index (χ2n) is 4.31. The van der Waals surface area contributed by atoms with Crippen LogP contribution in [0.3, 0.4) is 0 Å². The molecule has 19 heavy (non-hydrogen) atoms. The monoisotopic (exact) mass is 326 g/mol. The lowest BCUT2D eigenvalue weighted by atomic mass is 10.1. The third-order valence-electron chi connectivity index (χ3n) is 3.16. The summed E-state index contributed by atoms with van der Waals surface area (Å²) < 4.78 is 5.56. The van der Waals surface area contributed by atoms with Crippen molar-refractivity contribution in [3.05, 3.63) is 35.8 Å². The van der Waals surface area contributed by atoms with Crippen LogP contribution >= 0.6 is 36.4 Å². The van der Waals surface area contributed by atoms with Crippen molar-refractivity contribution in [3.63, 3.8) is 0 Å². The number of nitrogens with one attached hydrogen (secondary N) is 1. The van der Waals surface area contributed by atoms with Crippen molar-refractivity contribution in [2.45, 2.75) is 18.9 Å². The molecule has 0 unspecified atom stereocenters. The molecular formula is C13H21Cl3N2O. The van der Waals surface area contributed by atoms with E-state index in [0.717, 1.165) is 44.8 Å². The molecule has 1 aliphatic rings. The van der Waals surface area contributed by atoms with Gasteiger partial charge in [-0.05, 0) is 36.6 Å². The lowest BCUT2D eigenvalue weighted by molar-refractivity contribution is 0.147. The average molecular weight is 328 g/mol. The van der Waals surface area contributed by atoms with Crippen LogP contribution in [0.4, 0.5) is 0 Å². The van der Waals surface area contributed by atoms with Crippen molar-refractivity contribution in [2.24, 2.45) is 0 Å². The Labute approximate surface area is 132 Å². The second-order valence-corrected chi connectivity index (χ2v) is 4.68. The van der Waals surface area contributed by atoms with Crippen molar-refractivity contribution in [3.8, 4) is 0 Å². The number of nitrogens with zero attached hydrogens (tertiary/aromatic N) is 1. The fourth-order valence-electron chi connectivity index (χ4n) is 2.28. The number of piperazine rings is 1. The van der Waals surface area contributed by atoms with Gasteiger partial charge >= 0.3 is 0 Å². The molecule has 0 amide bonds. The maximum atomic E-state index is 5.86. The van der Waals surface area contributed by atoms with Crippen molar-refractivity contribution in [1.29, 1.82) is 0 Å². The summed E-state index contributed by atoms with van der Waals surface area (Å²) in [6, 6.07) is 4.13. The van der Waals surface area contributed by atoms with E-state index in [1.807, 2.05) is 18.2 Å². The van der Waals surface area contributed by atoms with Gasteiger partial charge in [0.2, 0.25) is 0 Å². The van der Waals surface area contributed by atoms with Crippen LogP contribution < -0.4 is 5.32 Å². The number of furan rings is 1. The van der Waals surface area contributed by atoms with Crippen LogP contribution in [0.2, 0.25) is 5.22 Å². The highest BCUT2D eigenvalue weighted by atomic mass is 35.5. The fourth-order valence-corrected chi connectivity index (χ4v) is 2.43. The molecule has 0 saturated carbocycles. The highest BCUT2D eigenvalue weighted by molar-refractivity contribution is 6.28. The summed E-state index contributed by atoms with van der Waals surface area (Å²) in [7, 11) is 0. The largest absolute Gasteiger partial charge is 0.448 e. The van der Waals surface area contributed by atoms with Gasteiger partial charge in [-0.15, -0.1) is 31.4 Å². The van der Waals surface area contributed by atoms with E-state index in [1.165, 1.54) is 0 Å². The summed E-state index contributed by atoms with van der Waals surface area (Å²) in [5.74, 6) is 0.971. The van der Waals surface area contributed by atoms with Gasteiger partial charge in [0.15, 0.2) is 5.22 Å². The van der Waals surface area contributed by atoms with Gasteiger partial charge in [0.25, 0.3) is 0 Å². The van der Waals surface area contributed by atoms with Gasteiger partial charge in [0.05, 0.1) is 6.04 Å². The number of hydrogen-bond acceptors (Lipinski definition) is 3. The first kappa shape index (κ1) is 18.8. The van der Waals surface area contributed by atoms with E-state index in [-0.39, 0.29) is 24.8 Å². The molecule has 1 aliphatic heterocycles. The number of rotatable bonds is 5. The molecule has 1 aromatic heterocycles. The molecular weight excluding hydrogens is 307 g/mol. The zero-order valence-corrected chi connectivity index (χ0v) is 13.2. The van der Waals surface area contributed by atoms with E-state index < -0.39 is 0 Å². The van der Waals surface area contributed by atoms with Crippen molar-refractivity contribution >= 4 is 36.4 Å². The van der Waals surface area contributed by atoms with Crippen LogP contribution in [0.25, 0.3) is 0 Å². The molecule has 1 fully saturated rings. The molecule has 0 bridgehead atoms. The molecule has 0 aromatic carbocycles. The van der Waals surface area contributed by atoms with E-state index in [1.54, 1.807) is 0 Å². The summed E-state index contributed by atoms with van der Waals surface area (Å²) in [6.45, 7) is 7.98. The first-order valence-corrected chi connectivity index (χ1v) is 6.50. The average Bonchev–Trinajstić information content (AvgIpc) is 2.78. The third kappa shape index (κ3) is 5.36. The van der Waals surface area contributed by atoms with Crippen molar-refractivity contribution < 1.29 is 4.42 Å². The molecule has 0 radical (unpaired) electrons. The zero-order valence-electron chi connectivity index (χ0n) is 10.8. The lowest BCUT2D eigenvalue weighted by Crippen LogP contribution is -2.45. The molecule has 1 aromatic rings. The maximum absolute atomic E-state index is 5.86. The standard InChI is InChI=1S/C13H19ClN2O.2ClH/c1-2-3-4-11(12-5-6-13(14)17-12)16-9-7-15-8-10-16;;/h2,5-6,11,15H,1,3-4,7-10H2;2*1H/t11-;;/m1../s1. The first-order valence-electron chi connectivity index (χ1n) is 6.12. The summed E-state index contributed by atoms with van der Waals surface area (Å²) in [4.78, 5) is 2.45. The van der Waals surface area contributed by atoms with Crippen LogP contribution in [-0.2, 0) is 0 Å². The maximum Gasteiger partial charge on any atom is 0.193 e. The summed E-state index contributed by atoms with van der Waals surface area (Å²) in [6.07, 6.45) is 3.99. The SMILES string of the molecule is C=CCC[C@H](c1ccc(Cl)o1)N1CCNCC1.Cl.Cl. The van der Waals surface area contributed by atoms with Gasteiger partial charge in [0.1, 0.15) is 5.76 Å². The van der Waals surface area contributed by atoms with E-state index in [2.05, 4.69) is 16.8 Å². The fraction of sp³-hybridized carbons (Fsp3) is 0.538. The Balaban J connectivity index is 0.00000162. The highest BCUT2D eigenvalue weighted by Crippen LogP contribution is 2.29. The van der Waals surface area contributed by atoms with E-state index in [9.17, 15) is 0 Å². The smallest absolute Gasteiger partial charge is 0.193 e. The van der Waals surface area contributed by atoms with Gasteiger partial charge in [-0.2, -0.15) is 0 Å². The Kier molecular flexibility index (Phi) is 9.58. The van der Waals surface area contributed by atoms with Crippen molar-refractivity contribution in [1.82, 2.24) is 10.2 Å². The molecule has 110 valence electrons. The minimum Gasteiger partial charge on any atom is -0.448 e. The van der Waals surface area contributed by atoms with Gasteiger partial charge in [-0.25, -0.2) is 0 Å².